The van der Waals surface area contributed by atoms with Crippen molar-refractivity contribution in [1.82, 2.24) is 4.72 Å². The van der Waals surface area contributed by atoms with Crippen LogP contribution in [-0.4, -0.2) is 14.4 Å². The summed E-state index contributed by atoms with van der Waals surface area (Å²) in [5.74, 6) is 0.853. The van der Waals surface area contributed by atoms with Gasteiger partial charge in [-0.25, -0.2) is 18.1 Å². The Bertz CT molecular complexity index is 764. The van der Waals surface area contributed by atoms with Crippen LogP contribution in [0.4, 0.5) is 5.69 Å². The molecule has 3 rings (SSSR count). The van der Waals surface area contributed by atoms with Gasteiger partial charge in [-0.2, -0.15) is 0 Å². The zero-order valence-electron chi connectivity index (χ0n) is 10.8. The van der Waals surface area contributed by atoms with Gasteiger partial charge in [0.05, 0.1) is 12.0 Å². The maximum atomic E-state index is 12.1. The van der Waals surface area contributed by atoms with Crippen LogP contribution in [0.15, 0.2) is 50.9 Å². The highest BCUT2D eigenvalue weighted by Gasteiger charge is 2.26. The molecule has 7 heteroatoms. The van der Waals surface area contributed by atoms with Crippen LogP contribution in [-0.2, 0) is 16.6 Å². The molecule has 0 spiro atoms. The average molecular weight is 291 g/mol. The lowest BCUT2D eigenvalue weighted by Gasteiger charge is -2.21. The Morgan fingerprint density at radius 1 is 1.30 bits per heavy atom. The van der Waals surface area contributed by atoms with Crippen LogP contribution in [0.5, 0.6) is 0 Å². The molecule has 1 aliphatic rings. The molecule has 0 bridgehead atoms. The SMILES string of the molecule is Cc1ccc2c(c1)S(=O)(=O)NC(=NCc1ccco1)N2. The molecule has 6 nitrogen and oxygen atoms in total. The number of anilines is 1. The van der Waals surface area contributed by atoms with Gasteiger partial charge in [-0.15, -0.1) is 0 Å². The van der Waals surface area contributed by atoms with Crippen molar-refractivity contribution in [1.29, 1.82) is 0 Å². The Kier molecular flexibility index (Phi) is 2.98. The van der Waals surface area contributed by atoms with Gasteiger partial charge in [0.2, 0.25) is 5.96 Å². The molecule has 0 fully saturated rings. The third-order valence-electron chi connectivity index (χ3n) is 2.88. The molecular formula is C13H13N3O3S. The number of nitrogens with zero attached hydrogens (tertiary/aromatic N) is 1. The lowest BCUT2D eigenvalue weighted by molar-refractivity contribution is 0.512. The zero-order valence-corrected chi connectivity index (χ0v) is 11.6. The second-order valence-electron chi connectivity index (χ2n) is 4.47. The average Bonchev–Trinajstić information content (AvgIpc) is 2.90. The van der Waals surface area contributed by atoms with Crippen LogP contribution in [0.3, 0.4) is 0 Å². The highest BCUT2D eigenvalue weighted by Crippen LogP contribution is 2.25. The summed E-state index contributed by atoms with van der Waals surface area (Å²) in [5.41, 5.74) is 1.40. The smallest absolute Gasteiger partial charge is 0.266 e. The number of aliphatic imine (C=N–C) groups is 1. The Hall–Kier alpha value is -2.28. The number of sulfonamides is 1. The molecule has 0 aliphatic carbocycles. The Morgan fingerprint density at radius 3 is 2.90 bits per heavy atom. The third kappa shape index (κ3) is 2.39. The van der Waals surface area contributed by atoms with Crippen LogP contribution < -0.4 is 10.0 Å². The van der Waals surface area contributed by atoms with Crippen molar-refractivity contribution in [3.63, 3.8) is 0 Å². The molecule has 0 radical (unpaired) electrons. The summed E-state index contributed by atoms with van der Waals surface area (Å²) in [5, 5.41) is 2.96. The van der Waals surface area contributed by atoms with Gasteiger partial charge in [-0.1, -0.05) is 6.07 Å². The van der Waals surface area contributed by atoms with Crippen molar-refractivity contribution in [2.45, 2.75) is 18.4 Å². The molecule has 1 aliphatic heterocycles. The molecule has 20 heavy (non-hydrogen) atoms. The van der Waals surface area contributed by atoms with Gasteiger partial charge in [-0.3, -0.25) is 0 Å². The van der Waals surface area contributed by atoms with Crippen LogP contribution in [0, 0.1) is 6.92 Å². The van der Waals surface area contributed by atoms with Crippen LogP contribution in [0.2, 0.25) is 0 Å². The van der Waals surface area contributed by atoms with Gasteiger partial charge in [-0.05, 0) is 36.8 Å². The lowest BCUT2D eigenvalue weighted by Crippen LogP contribution is -2.40. The molecule has 2 aromatic rings. The number of aryl methyl sites for hydroxylation is 1. The standard InChI is InChI=1S/C13H13N3O3S/c1-9-4-5-11-12(7-9)20(17,18)16-13(15-11)14-8-10-3-2-6-19-10/h2-7H,8H2,1H3,(H2,14,15,16). The van der Waals surface area contributed by atoms with Crippen molar-refractivity contribution in [2.75, 3.05) is 5.32 Å². The van der Waals surface area contributed by atoms with E-state index in [1.807, 2.05) is 13.0 Å². The number of hydrogen-bond acceptors (Lipinski definition) is 4. The normalized spacial score (nSPS) is 18.1. The molecule has 0 amide bonds. The predicted octanol–water partition coefficient (Wildman–Crippen LogP) is 1.85. The topological polar surface area (TPSA) is 83.7 Å². The van der Waals surface area contributed by atoms with E-state index in [0.29, 0.717) is 11.4 Å². The van der Waals surface area contributed by atoms with Gasteiger partial charge in [0.15, 0.2) is 0 Å². The molecule has 2 N–H and O–H groups in total. The summed E-state index contributed by atoms with van der Waals surface area (Å²) in [7, 11) is -3.58. The van der Waals surface area contributed by atoms with Crippen molar-refractivity contribution < 1.29 is 12.8 Å². The first-order valence-electron chi connectivity index (χ1n) is 6.02. The molecule has 0 unspecified atom stereocenters. The molecule has 0 atom stereocenters. The summed E-state index contributed by atoms with van der Waals surface area (Å²) >= 11 is 0. The van der Waals surface area contributed by atoms with Crippen LogP contribution in [0.1, 0.15) is 11.3 Å². The molecular weight excluding hydrogens is 278 g/mol. The summed E-state index contributed by atoms with van der Waals surface area (Å²) in [4.78, 5) is 4.40. The minimum absolute atomic E-state index is 0.192. The fourth-order valence-electron chi connectivity index (χ4n) is 1.92. The van der Waals surface area contributed by atoms with E-state index in [2.05, 4.69) is 15.0 Å². The number of furan rings is 1. The molecule has 1 aromatic carbocycles. The molecule has 0 saturated heterocycles. The van der Waals surface area contributed by atoms with Gasteiger partial charge >= 0.3 is 0 Å². The number of benzene rings is 1. The van der Waals surface area contributed by atoms with E-state index in [1.165, 1.54) is 0 Å². The third-order valence-corrected chi connectivity index (χ3v) is 4.26. The van der Waals surface area contributed by atoms with Gasteiger partial charge < -0.3 is 9.73 Å². The van der Waals surface area contributed by atoms with Crippen molar-refractivity contribution in [3.05, 3.63) is 47.9 Å². The Balaban J connectivity index is 1.92. The fraction of sp³-hybridized carbons (Fsp3) is 0.154. The summed E-state index contributed by atoms with van der Waals surface area (Å²) in [6, 6.07) is 8.72. The van der Waals surface area contributed by atoms with Gasteiger partial charge in [0, 0.05) is 0 Å². The zero-order chi connectivity index (χ0) is 14.2. The van der Waals surface area contributed by atoms with E-state index in [1.54, 1.807) is 30.5 Å². The Morgan fingerprint density at radius 2 is 2.15 bits per heavy atom. The van der Waals surface area contributed by atoms with Crippen LogP contribution in [0.25, 0.3) is 0 Å². The van der Waals surface area contributed by atoms with Crippen molar-refractivity contribution in [2.24, 2.45) is 4.99 Å². The minimum atomic E-state index is -3.58. The minimum Gasteiger partial charge on any atom is -0.467 e. The fourth-order valence-corrected chi connectivity index (χ4v) is 3.15. The maximum Gasteiger partial charge on any atom is 0.266 e. The highest BCUT2D eigenvalue weighted by atomic mass is 32.2. The second-order valence-corrected chi connectivity index (χ2v) is 6.13. The maximum absolute atomic E-state index is 12.1. The van der Waals surface area contributed by atoms with E-state index in [4.69, 9.17) is 4.42 Å². The van der Waals surface area contributed by atoms with E-state index in [0.717, 1.165) is 5.56 Å². The number of nitrogens with one attached hydrogen (secondary N) is 2. The summed E-state index contributed by atoms with van der Waals surface area (Å²) < 4.78 is 31.8. The van der Waals surface area contributed by atoms with E-state index in [9.17, 15) is 8.42 Å². The highest BCUT2D eigenvalue weighted by molar-refractivity contribution is 7.90. The largest absolute Gasteiger partial charge is 0.467 e. The lowest BCUT2D eigenvalue weighted by atomic mass is 10.2. The second kappa shape index (κ2) is 4.68. The van der Waals surface area contributed by atoms with Crippen molar-refractivity contribution in [3.8, 4) is 0 Å². The first kappa shape index (κ1) is 12.7. The van der Waals surface area contributed by atoms with Crippen molar-refractivity contribution >= 4 is 21.7 Å². The summed E-state index contributed by atoms with van der Waals surface area (Å²) in [6.45, 7) is 2.11. The Labute approximate surface area is 116 Å². The quantitative estimate of drug-likeness (QED) is 0.884. The van der Waals surface area contributed by atoms with E-state index < -0.39 is 10.0 Å². The van der Waals surface area contributed by atoms with E-state index in [-0.39, 0.29) is 17.4 Å². The molecule has 1 aromatic heterocycles. The number of hydrogen-bond donors (Lipinski definition) is 2. The number of rotatable bonds is 2. The summed E-state index contributed by atoms with van der Waals surface area (Å²) in [6.07, 6.45) is 1.55. The number of guanidine groups is 1. The predicted molar refractivity (Wildman–Crippen MR) is 75.0 cm³/mol. The van der Waals surface area contributed by atoms with Gasteiger partial charge in [0.25, 0.3) is 10.0 Å². The van der Waals surface area contributed by atoms with Crippen LogP contribution >= 0.6 is 0 Å². The molecule has 2 heterocycles. The first-order valence-corrected chi connectivity index (χ1v) is 7.50. The first-order chi connectivity index (χ1) is 9.54. The monoisotopic (exact) mass is 291 g/mol. The molecule has 104 valence electrons. The number of fused-ring (bicyclic) bond motifs is 1. The molecule has 0 saturated carbocycles. The van der Waals surface area contributed by atoms with Gasteiger partial charge in [0.1, 0.15) is 17.2 Å². The van der Waals surface area contributed by atoms with E-state index >= 15 is 0 Å².